The van der Waals surface area contributed by atoms with E-state index in [0.717, 1.165) is 5.69 Å². The lowest BCUT2D eigenvalue weighted by atomic mass is 10.2. The van der Waals surface area contributed by atoms with E-state index < -0.39 is 5.79 Å². The third-order valence-electron chi connectivity index (χ3n) is 2.66. The quantitative estimate of drug-likeness (QED) is 0.830. The fourth-order valence-electron chi connectivity index (χ4n) is 1.61. The van der Waals surface area contributed by atoms with Crippen LogP contribution in [0.15, 0.2) is 18.5 Å². The van der Waals surface area contributed by atoms with Gasteiger partial charge >= 0.3 is 0 Å². The van der Waals surface area contributed by atoms with Gasteiger partial charge in [0.05, 0.1) is 31.1 Å². The number of ether oxygens (including phenoxy) is 2. The van der Waals surface area contributed by atoms with Gasteiger partial charge in [0.15, 0.2) is 5.79 Å². The standard InChI is InChI=1S/C12H18N2O2/c1-9-4-5-13-6-11(9)14-10-7-15-12(2,3)16-8-10/h4-6,10,14H,7-8H2,1-3H3. The van der Waals surface area contributed by atoms with Crippen LogP contribution >= 0.6 is 0 Å². The largest absolute Gasteiger partial charge is 0.376 e. The SMILES string of the molecule is Cc1ccncc1NC1COC(C)(C)OC1. The molecule has 0 aromatic carbocycles. The Morgan fingerprint density at radius 2 is 2.06 bits per heavy atom. The van der Waals surface area contributed by atoms with Crippen molar-refractivity contribution in [3.05, 3.63) is 24.0 Å². The van der Waals surface area contributed by atoms with E-state index in [4.69, 9.17) is 9.47 Å². The van der Waals surface area contributed by atoms with Crippen molar-refractivity contribution in [3.8, 4) is 0 Å². The van der Waals surface area contributed by atoms with Gasteiger partial charge in [-0.25, -0.2) is 0 Å². The molecule has 1 aromatic heterocycles. The van der Waals surface area contributed by atoms with Crippen LogP contribution in [0.25, 0.3) is 0 Å². The van der Waals surface area contributed by atoms with Crippen molar-refractivity contribution in [3.63, 3.8) is 0 Å². The van der Waals surface area contributed by atoms with Crippen LogP contribution in [-0.2, 0) is 9.47 Å². The van der Waals surface area contributed by atoms with Crippen molar-refractivity contribution < 1.29 is 9.47 Å². The summed E-state index contributed by atoms with van der Waals surface area (Å²) >= 11 is 0. The molecule has 16 heavy (non-hydrogen) atoms. The van der Waals surface area contributed by atoms with Crippen molar-refractivity contribution in [1.82, 2.24) is 4.98 Å². The van der Waals surface area contributed by atoms with Crippen LogP contribution in [0.5, 0.6) is 0 Å². The maximum Gasteiger partial charge on any atom is 0.162 e. The van der Waals surface area contributed by atoms with Gasteiger partial charge in [0, 0.05) is 6.20 Å². The van der Waals surface area contributed by atoms with E-state index in [9.17, 15) is 0 Å². The Morgan fingerprint density at radius 3 is 2.69 bits per heavy atom. The third-order valence-corrected chi connectivity index (χ3v) is 2.66. The molecule has 0 aliphatic carbocycles. The highest BCUT2D eigenvalue weighted by atomic mass is 16.7. The van der Waals surface area contributed by atoms with E-state index in [1.807, 2.05) is 26.1 Å². The van der Waals surface area contributed by atoms with Gasteiger partial charge in [0.2, 0.25) is 0 Å². The Labute approximate surface area is 96.0 Å². The van der Waals surface area contributed by atoms with Crippen molar-refractivity contribution in [2.45, 2.75) is 32.6 Å². The first-order chi connectivity index (χ1) is 7.57. The molecule has 88 valence electrons. The Balaban J connectivity index is 1.95. The smallest absolute Gasteiger partial charge is 0.162 e. The highest BCUT2D eigenvalue weighted by Gasteiger charge is 2.28. The molecular formula is C12H18N2O2. The molecule has 1 aliphatic rings. The van der Waals surface area contributed by atoms with Crippen LogP contribution < -0.4 is 5.32 Å². The summed E-state index contributed by atoms with van der Waals surface area (Å²) in [5, 5.41) is 3.37. The molecule has 1 N–H and O–H groups in total. The zero-order chi connectivity index (χ0) is 11.6. The van der Waals surface area contributed by atoms with E-state index in [0.29, 0.717) is 13.2 Å². The lowest BCUT2D eigenvalue weighted by Crippen LogP contribution is -2.45. The van der Waals surface area contributed by atoms with Gasteiger partial charge in [0.25, 0.3) is 0 Å². The summed E-state index contributed by atoms with van der Waals surface area (Å²) in [6, 6.07) is 2.17. The van der Waals surface area contributed by atoms with E-state index >= 15 is 0 Å². The molecule has 1 aromatic rings. The maximum absolute atomic E-state index is 5.58. The van der Waals surface area contributed by atoms with Crippen LogP contribution in [-0.4, -0.2) is 30.0 Å². The number of nitrogens with zero attached hydrogens (tertiary/aromatic N) is 1. The van der Waals surface area contributed by atoms with E-state index in [1.54, 1.807) is 6.20 Å². The number of hydrogen-bond donors (Lipinski definition) is 1. The zero-order valence-electron chi connectivity index (χ0n) is 9.99. The van der Waals surface area contributed by atoms with E-state index in [2.05, 4.69) is 17.2 Å². The van der Waals surface area contributed by atoms with Crippen LogP contribution in [0.4, 0.5) is 5.69 Å². The molecular weight excluding hydrogens is 204 g/mol. The minimum Gasteiger partial charge on any atom is -0.376 e. The average molecular weight is 222 g/mol. The number of pyridine rings is 1. The minimum atomic E-state index is -0.456. The maximum atomic E-state index is 5.58. The summed E-state index contributed by atoms with van der Waals surface area (Å²) in [5.41, 5.74) is 2.22. The van der Waals surface area contributed by atoms with Gasteiger partial charge in [-0.1, -0.05) is 0 Å². The van der Waals surface area contributed by atoms with Gasteiger partial charge in [-0.15, -0.1) is 0 Å². The molecule has 1 fully saturated rings. The van der Waals surface area contributed by atoms with Crippen molar-refractivity contribution in [2.75, 3.05) is 18.5 Å². The molecule has 4 nitrogen and oxygen atoms in total. The second-order valence-electron chi connectivity index (χ2n) is 4.55. The fraction of sp³-hybridized carbons (Fsp3) is 0.583. The molecule has 0 unspecified atom stereocenters. The second-order valence-corrected chi connectivity index (χ2v) is 4.55. The van der Waals surface area contributed by atoms with Gasteiger partial charge in [0.1, 0.15) is 0 Å². The van der Waals surface area contributed by atoms with Gasteiger partial charge in [-0.05, 0) is 32.4 Å². The topological polar surface area (TPSA) is 43.4 Å². The van der Waals surface area contributed by atoms with Crippen molar-refractivity contribution in [2.24, 2.45) is 0 Å². The first kappa shape index (κ1) is 11.4. The number of aryl methyl sites for hydroxylation is 1. The normalized spacial score (nSPS) is 20.7. The minimum absolute atomic E-state index is 0.191. The number of nitrogens with one attached hydrogen (secondary N) is 1. The zero-order valence-corrected chi connectivity index (χ0v) is 9.99. The van der Waals surface area contributed by atoms with Crippen molar-refractivity contribution in [1.29, 1.82) is 0 Å². The van der Waals surface area contributed by atoms with Crippen molar-refractivity contribution >= 4 is 5.69 Å². The highest BCUT2D eigenvalue weighted by Crippen LogP contribution is 2.20. The lowest BCUT2D eigenvalue weighted by molar-refractivity contribution is -0.247. The summed E-state index contributed by atoms with van der Waals surface area (Å²) in [6.45, 7) is 7.22. The van der Waals surface area contributed by atoms with Gasteiger partial charge in [-0.2, -0.15) is 0 Å². The molecule has 0 atom stereocenters. The number of hydrogen-bond acceptors (Lipinski definition) is 4. The van der Waals surface area contributed by atoms with Crippen LogP contribution in [0, 0.1) is 6.92 Å². The summed E-state index contributed by atoms with van der Waals surface area (Å²) in [7, 11) is 0. The van der Waals surface area contributed by atoms with Crippen LogP contribution in [0.2, 0.25) is 0 Å². The number of rotatable bonds is 2. The molecule has 2 heterocycles. The number of anilines is 1. The fourth-order valence-corrected chi connectivity index (χ4v) is 1.61. The molecule has 2 rings (SSSR count). The number of aromatic nitrogens is 1. The molecule has 4 heteroatoms. The van der Waals surface area contributed by atoms with E-state index in [-0.39, 0.29) is 6.04 Å². The molecule has 1 saturated heterocycles. The summed E-state index contributed by atoms with van der Waals surface area (Å²) in [6.07, 6.45) is 3.62. The van der Waals surface area contributed by atoms with Crippen LogP contribution in [0.1, 0.15) is 19.4 Å². The molecule has 0 saturated carbocycles. The second kappa shape index (κ2) is 4.39. The average Bonchev–Trinajstić information content (AvgIpc) is 2.24. The lowest BCUT2D eigenvalue weighted by Gasteiger charge is -2.35. The van der Waals surface area contributed by atoms with Crippen LogP contribution in [0.3, 0.4) is 0 Å². The summed E-state index contributed by atoms with van der Waals surface area (Å²) in [5.74, 6) is -0.456. The predicted octanol–water partition coefficient (Wildman–Crippen LogP) is 1.95. The van der Waals surface area contributed by atoms with E-state index in [1.165, 1.54) is 5.56 Å². The Bertz CT molecular complexity index is 356. The Hall–Kier alpha value is -1.13. The highest BCUT2D eigenvalue weighted by molar-refractivity contribution is 5.48. The summed E-state index contributed by atoms with van der Waals surface area (Å²) in [4.78, 5) is 4.10. The third kappa shape index (κ3) is 2.71. The summed E-state index contributed by atoms with van der Waals surface area (Å²) < 4.78 is 11.2. The molecule has 0 amide bonds. The molecule has 0 bridgehead atoms. The monoisotopic (exact) mass is 222 g/mol. The molecule has 0 radical (unpaired) electrons. The first-order valence-electron chi connectivity index (χ1n) is 5.52. The molecule has 0 spiro atoms. The molecule has 1 aliphatic heterocycles. The Kier molecular flexibility index (Phi) is 3.12. The predicted molar refractivity (Wildman–Crippen MR) is 62.4 cm³/mol. The first-order valence-corrected chi connectivity index (χ1v) is 5.52. The Morgan fingerprint density at radius 1 is 1.38 bits per heavy atom. The van der Waals surface area contributed by atoms with Gasteiger partial charge in [-0.3, -0.25) is 4.98 Å². The van der Waals surface area contributed by atoms with Gasteiger partial charge < -0.3 is 14.8 Å².